The number of hydrogen-bond donors (Lipinski definition) is 2. The van der Waals surface area contributed by atoms with Crippen molar-refractivity contribution in [1.82, 2.24) is 10.2 Å². The molecule has 3 amide bonds. The van der Waals surface area contributed by atoms with Crippen molar-refractivity contribution in [1.29, 1.82) is 0 Å². The minimum Gasteiger partial charge on any atom is -0.351 e. The Morgan fingerprint density at radius 1 is 1.05 bits per heavy atom. The summed E-state index contributed by atoms with van der Waals surface area (Å²) in [5, 5.41) is 8.17. The van der Waals surface area contributed by atoms with Crippen LogP contribution in [0.25, 0.3) is 0 Å². The molecule has 0 saturated carbocycles. The van der Waals surface area contributed by atoms with E-state index in [2.05, 4.69) is 22.5 Å². The molecule has 3 heterocycles. The first-order chi connectivity index (χ1) is 18.5. The Hall–Kier alpha value is -3.76. The number of aryl methyl sites for hydroxylation is 1. The third-order valence-corrected chi connectivity index (χ3v) is 8.03. The number of fused-ring (bicyclic) bond motifs is 3. The molecule has 3 aromatic rings. The topological polar surface area (TPSA) is 103 Å². The van der Waals surface area contributed by atoms with Gasteiger partial charge in [0.05, 0.1) is 18.0 Å². The van der Waals surface area contributed by atoms with Crippen LogP contribution >= 0.6 is 23.1 Å². The van der Waals surface area contributed by atoms with Crippen molar-refractivity contribution in [2.45, 2.75) is 38.8 Å². The lowest BCUT2D eigenvalue weighted by Crippen LogP contribution is -2.41. The SMILES string of the molecule is CCc1ccc(NC(=O)CSC2=Nc3ccccc3C3=N[C@@H](CCC(=O)NCc4cccs4)C(=O)N23)cc1. The highest BCUT2D eigenvalue weighted by atomic mass is 32.2. The molecule has 2 aromatic carbocycles. The average molecular weight is 546 g/mol. The number of amidine groups is 2. The Labute approximate surface area is 229 Å². The number of thiophene rings is 1. The van der Waals surface area contributed by atoms with Crippen LogP contribution in [0.5, 0.6) is 0 Å². The summed E-state index contributed by atoms with van der Waals surface area (Å²) in [6.45, 7) is 2.55. The van der Waals surface area contributed by atoms with E-state index in [0.717, 1.165) is 22.5 Å². The van der Waals surface area contributed by atoms with Crippen LogP contribution in [-0.2, 0) is 27.3 Å². The van der Waals surface area contributed by atoms with Gasteiger partial charge in [-0.05, 0) is 54.1 Å². The number of carbonyl (C=O) groups is 3. The largest absolute Gasteiger partial charge is 0.351 e. The lowest BCUT2D eigenvalue weighted by molar-refractivity contribution is -0.125. The van der Waals surface area contributed by atoms with Gasteiger partial charge in [0, 0.05) is 22.5 Å². The van der Waals surface area contributed by atoms with Gasteiger partial charge in [0.2, 0.25) is 11.8 Å². The van der Waals surface area contributed by atoms with Gasteiger partial charge in [0.1, 0.15) is 11.9 Å². The third-order valence-electron chi connectivity index (χ3n) is 6.21. The van der Waals surface area contributed by atoms with Crippen LogP contribution in [0.15, 0.2) is 76.0 Å². The molecule has 1 atom stereocenters. The van der Waals surface area contributed by atoms with E-state index in [1.54, 1.807) is 11.3 Å². The zero-order valence-corrected chi connectivity index (χ0v) is 22.5. The summed E-state index contributed by atoms with van der Waals surface area (Å²) >= 11 is 2.78. The van der Waals surface area contributed by atoms with Gasteiger partial charge in [-0.3, -0.25) is 19.4 Å². The Morgan fingerprint density at radius 2 is 1.87 bits per heavy atom. The molecule has 10 heteroatoms. The van der Waals surface area contributed by atoms with Gasteiger partial charge in [0.15, 0.2) is 5.17 Å². The summed E-state index contributed by atoms with van der Waals surface area (Å²) < 4.78 is 0. The predicted octanol–water partition coefficient (Wildman–Crippen LogP) is 4.74. The summed E-state index contributed by atoms with van der Waals surface area (Å²) in [4.78, 5) is 50.4. The highest BCUT2D eigenvalue weighted by Crippen LogP contribution is 2.34. The molecular weight excluding hydrogens is 518 g/mol. The van der Waals surface area contributed by atoms with Gasteiger partial charge in [-0.25, -0.2) is 9.89 Å². The molecule has 0 unspecified atom stereocenters. The monoisotopic (exact) mass is 545 g/mol. The molecule has 38 heavy (non-hydrogen) atoms. The van der Waals surface area contributed by atoms with E-state index in [-0.39, 0.29) is 29.9 Å². The van der Waals surface area contributed by atoms with Crippen LogP contribution in [0.4, 0.5) is 11.4 Å². The predicted molar refractivity (Wildman–Crippen MR) is 153 cm³/mol. The molecule has 0 bridgehead atoms. The lowest BCUT2D eigenvalue weighted by atomic mass is 10.1. The summed E-state index contributed by atoms with van der Waals surface area (Å²) in [5.41, 5.74) is 3.38. The minimum absolute atomic E-state index is 0.0867. The highest BCUT2D eigenvalue weighted by Gasteiger charge is 2.41. The van der Waals surface area contributed by atoms with Crippen LogP contribution in [0.3, 0.4) is 0 Å². The van der Waals surface area contributed by atoms with E-state index in [1.165, 1.54) is 22.2 Å². The first kappa shape index (κ1) is 25.9. The zero-order valence-electron chi connectivity index (χ0n) is 20.8. The summed E-state index contributed by atoms with van der Waals surface area (Å²) in [7, 11) is 0. The van der Waals surface area contributed by atoms with Crippen molar-refractivity contribution >= 4 is 63.2 Å². The highest BCUT2D eigenvalue weighted by molar-refractivity contribution is 8.14. The molecule has 0 fully saturated rings. The second-order valence-electron chi connectivity index (χ2n) is 8.84. The number of benzene rings is 2. The Balaban J connectivity index is 1.24. The van der Waals surface area contributed by atoms with E-state index < -0.39 is 6.04 Å². The molecule has 5 rings (SSSR count). The number of anilines is 1. The number of para-hydroxylation sites is 1. The van der Waals surface area contributed by atoms with Gasteiger partial charge in [-0.15, -0.1) is 11.3 Å². The number of nitrogens with zero attached hydrogens (tertiary/aromatic N) is 3. The van der Waals surface area contributed by atoms with Gasteiger partial charge in [-0.2, -0.15) is 0 Å². The minimum atomic E-state index is -0.680. The van der Waals surface area contributed by atoms with Gasteiger partial charge >= 0.3 is 0 Å². The fourth-order valence-corrected chi connectivity index (χ4v) is 5.64. The van der Waals surface area contributed by atoms with Gasteiger partial charge in [-0.1, -0.05) is 49.0 Å². The molecule has 8 nitrogen and oxygen atoms in total. The molecule has 0 radical (unpaired) electrons. The normalized spacial score (nSPS) is 15.9. The van der Waals surface area contributed by atoms with E-state index in [1.807, 2.05) is 66.0 Å². The maximum Gasteiger partial charge on any atom is 0.259 e. The first-order valence-corrected chi connectivity index (χ1v) is 14.3. The molecule has 2 aliphatic heterocycles. The molecule has 1 aromatic heterocycles. The average Bonchev–Trinajstić information content (AvgIpc) is 3.58. The van der Waals surface area contributed by atoms with Crippen molar-refractivity contribution in [3.63, 3.8) is 0 Å². The smallest absolute Gasteiger partial charge is 0.259 e. The summed E-state index contributed by atoms with van der Waals surface area (Å²) in [6, 6.07) is 18.4. The fourth-order valence-electron chi connectivity index (χ4n) is 4.19. The standard InChI is InChI=1S/C28H27N5O3S2/c1-2-18-9-11-19(12-10-18)30-25(35)17-38-28-32-22-8-4-3-7-21(22)26-31-23(27(36)33(26)28)13-14-24(34)29-16-20-6-5-15-37-20/h3-12,15,23H,2,13-14,16-17H2,1H3,(H,29,34)(H,30,35)/t23-/m0/s1. The number of nitrogens with one attached hydrogen (secondary N) is 2. The first-order valence-electron chi connectivity index (χ1n) is 12.4. The van der Waals surface area contributed by atoms with Crippen molar-refractivity contribution in [2.75, 3.05) is 11.1 Å². The Kier molecular flexibility index (Phi) is 8.00. The van der Waals surface area contributed by atoms with E-state index in [4.69, 9.17) is 4.99 Å². The quantitative estimate of drug-likeness (QED) is 0.405. The summed E-state index contributed by atoms with van der Waals surface area (Å²) in [5.74, 6) is 0.0575. The van der Waals surface area contributed by atoms with E-state index in [0.29, 0.717) is 29.7 Å². The molecule has 0 saturated heterocycles. The van der Waals surface area contributed by atoms with Crippen LogP contribution in [0.1, 0.15) is 35.8 Å². The maximum atomic E-state index is 13.4. The number of aliphatic imine (C=N–C) groups is 2. The van der Waals surface area contributed by atoms with Crippen LogP contribution in [0.2, 0.25) is 0 Å². The molecule has 0 aliphatic carbocycles. The lowest BCUT2D eigenvalue weighted by Gasteiger charge is -2.25. The van der Waals surface area contributed by atoms with Gasteiger partial charge in [0.25, 0.3) is 5.91 Å². The molecule has 2 N–H and O–H groups in total. The van der Waals surface area contributed by atoms with E-state index in [9.17, 15) is 14.4 Å². The van der Waals surface area contributed by atoms with Crippen LogP contribution < -0.4 is 10.6 Å². The van der Waals surface area contributed by atoms with Crippen LogP contribution in [0, 0.1) is 0 Å². The maximum absolute atomic E-state index is 13.4. The van der Waals surface area contributed by atoms with E-state index >= 15 is 0 Å². The number of rotatable bonds is 9. The molecule has 0 spiro atoms. The van der Waals surface area contributed by atoms with Crippen molar-refractivity contribution < 1.29 is 14.4 Å². The number of carbonyl (C=O) groups excluding carboxylic acids is 3. The molecular formula is C28H27N5O3S2. The number of hydrogen-bond acceptors (Lipinski definition) is 7. The number of amides is 3. The zero-order chi connectivity index (χ0) is 26.5. The second kappa shape index (κ2) is 11.7. The molecule has 2 aliphatic rings. The van der Waals surface area contributed by atoms with Crippen molar-refractivity contribution in [3.8, 4) is 0 Å². The number of thioether (sulfide) groups is 1. The molecule has 194 valence electrons. The van der Waals surface area contributed by atoms with Crippen LogP contribution in [-0.4, -0.2) is 45.4 Å². The third kappa shape index (κ3) is 5.87. The van der Waals surface area contributed by atoms with Crippen molar-refractivity contribution in [2.24, 2.45) is 9.98 Å². The Morgan fingerprint density at radius 3 is 2.63 bits per heavy atom. The summed E-state index contributed by atoms with van der Waals surface area (Å²) in [6.07, 6.45) is 1.41. The fraction of sp³-hybridized carbons (Fsp3) is 0.250. The second-order valence-corrected chi connectivity index (χ2v) is 10.8. The van der Waals surface area contributed by atoms with Gasteiger partial charge < -0.3 is 10.6 Å². The van der Waals surface area contributed by atoms with Crippen molar-refractivity contribution in [3.05, 3.63) is 82.0 Å². The Bertz CT molecular complexity index is 1400.